The average Bonchev–Trinajstić information content (AvgIpc) is 2.76. The Morgan fingerprint density at radius 2 is 2.19 bits per heavy atom. The number of aliphatic hydroxyl groups excluding tert-OH is 1. The van der Waals surface area contributed by atoms with Gasteiger partial charge in [0.1, 0.15) is 6.10 Å². The van der Waals surface area contributed by atoms with Gasteiger partial charge in [0, 0.05) is 22.8 Å². The number of esters is 2. The Labute approximate surface area is 154 Å². The number of hydrogen-bond donors (Lipinski definition) is 1. The first-order valence-corrected chi connectivity index (χ1v) is 9.59. The van der Waals surface area contributed by atoms with Crippen LogP contribution in [0, 0.1) is 29.1 Å². The number of aliphatic hydroxyl groups is 1. The van der Waals surface area contributed by atoms with Crippen molar-refractivity contribution in [2.24, 2.45) is 29.1 Å². The first-order valence-electron chi connectivity index (χ1n) is 9.59. The maximum atomic E-state index is 12.4. The molecule has 2 saturated heterocycles. The Morgan fingerprint density at radius 1 is 1.50 bits per heavy atom. The maximum absolute atomic E-state index is 12.4. The van der Waals surface area contributed by atoms with Gasteiger partial charge < -0.3 is 19.3 Å². The van der Waals surface area contributed by atoms with Gasteiger partial charge in [-0.1, -0.05) is 34.3 Å². The zero-order valence-corrected chi connectivity index (χ0v) is 16.1. The molecule has 0 aromatic carbocycles. The molecule has 2 aliphatic heterocycles. The van der Waals surface area contributed by atoms with Gasteiger partial charge >= 0.3 is 11.9 Å². The predicted octanol–water partition coefficient (Wildman–Crippen LogP) is 2.44. The van der Waals surface area contributed by atoms with E-state index in [0.717, 1.165) is 0 Å². The molecule has 26 heavy (non-hydrogen) atoms. The van der Waals surface area contributed by atoms with E-state index in [-0.39, 0.29) is 48.3 Å². The van der Waals surface area contributed by atoms with E-state index < -0.39 is 17.8 Å². The fourth-order valence-electron chi connectivity index (χ4n) is 5.02. The molecule has 0 bridgehead atoms. The minimum absolute atomic E-state index is 0.0948. The molecule has 6 nitrogen and oxygen atoms in total. The molecular formula is C20H30O6. The van der Waals surface area contributed by atoms with Crippen LogP contribution in [0.1, 0.15) is 47.0 Å². The summed E-state index contributed by atoms with van der Waals surface area (Å²) >= 11 is 0. The lowest BCUT2D eigenvalue weighted by atomic mass is 9.64. The topological polar surface area (TPSA) is 82.1 Å². The van der Waals surface area contributed by atoms with Gasteiger partial charge in [0.25, 0.3) is 0 Å². The molecule has 0 radical (unpaired) electrons. The van der Waals surface area contributed by atoms with Gasteiger partial charge in [-0.3, -0.25) is 4.79 Å². The van der Waals surface area contributed by atoms with E-state index in [9.17, 15) is 14.7 Å². The normalized spacial score (nSPS) is 43.7. The van der Waals surface area contributed by atoms with Crippen LogP contribution in [-0.2, 0) is 23.8 Å². The fraction of sp³-hybridized carbons (Fsp3) is 0.800. The number of carbonyl (C=O) groups is 2. The summed E-state index contributed by atoms with van der Waals surface area (Å²) in [6, 6.07) is 0. The van der Waals surface area contributed by atoms with Gasteiger partial charge in [0.2, 0.25) is 6.29 Å². The van der Waals surface area contributed by atoms with Crippen molar-refractivity contribution >= 4 is 11.9 Å². The summed E-state index contributed by atoms with van der Waals surface area (Å²) in [4.78, 5) is 24.4. The van der Waals surface area contributed by atoms with Crippen molar-refractivity contribution in [3.8, 4) is 0 Å². The number of rotatable bonds is 3. The van der Waals surface area contributed by atoms with E-state index >= 15 is 0 Å². The predicted molar refractivity (Wildman–Crippen MR) is 93.8 cm³/mol. The van der Waals surface area contributed by atoms with Gasteiger partial charge in [0.05, 0.1) is 18.6 Å². The summed E-state index contributed by atoms with van der Waals surface area (Å²) in [5, 5.41) is 10.7. The van der Waals surface area contributed by atoms with Crippen LogP contribution in [0.4, 0.5) is 0 Å². The lowest BCUT2D eigenvalue weighted by Crippen LogP contribution is -2.56. The highest BCUT2D eigenvalue weighted by atomic mass is 16.7. The SMILES string of the molecule is C=C1C(=O)O[C@H]2C[C@@H](C)[C@@H]3[C@@H](O)CO[C@@H](OC(=O)[C@H](C)CC)[C@@]3(C)C[C@H]12. The van der Waals surface area contributed by atoms with Crippen LogP contribution in [0.5, 0.6) is 0 Å². The smallest absolute Gasteiger partial charge is 0.334 e. The molecule has 3 fully saturated rings. The summed E-state index contributed by atoms with van der Waals surface area (Å²) in [6.07, 6.45) is 0.268. The van der Waals surface area contributed by atoms with E-state index in [1.54, 1.807) is 0 Å². The highest BCUT2D eigenvalue weighted by molar-refractivity contribution is 5.90. The monoisotopic (exact) mass is 366 g/mol. The number of fused-ring (bicyclic) bond motifs is 2. The van der Waals surface area contributed by atoms with Gasteiger partial charge in [0.15, 0.2) is 0 Å². The fourth-order valence-corrected chi connectivity index (χ4v) is 5.02. The van der Waals surface area contributed by atoms with Crippen molar-refractivity contribution in [3.63, 3.8) is 0 Å². The third-order valence-corrected chi connectivity index (χ3v) is 6.66. The zero-order valence-electron chi connectivity index (χ0n) is 16.1. The van der Waals surface area contributed by atoms with Crippen LogP contribution < -0.4 is 0 Å². The Bertz CT molecular complexity index is 601. The lowest BCUT2D eigenvalue weighted by molar-refractivity contribution is -0.273. The van der Waals surface area contributed by atoms with E-state index in [2.05, 4.69) is 13.5 Å². The molecule has 0 spiro atoms. The third-order valence-electron chi connectivity index (χ3n) is 6.66. The van der Waals surface area contributed by atoms with Crippen molar-refractivity contribution in [3.05, 3.63) is 12.2 Å². The summed E-state index contributed by atoms with van der Waals surface area (Å²) in [6.45, 7) is 11.9. The number of hydrogen-bond acceptors (Lipinski definition) is 6. The van der Waals surface area contributed by atoms with Crippen molar-refractivity contribution < 1.29 is 28.9 Å². The molecule has 0 amide bonds. The second kappa shape index (κ2) is 6.97. The summed E-state index contributed by atoms with van der Waals surface area (Å²) in [5.74, 6) is -1.01. The van der Waals surface area contributed by atoms with Crippen molar-refractivity contribution in [2.75, 3.05) is 6.61 Å². The molecule has 1 saturated carbocycles. The lowest BCUT2D eigenvalue weighted by Gasteiger charge is -2.50. The van der Waals surface area contributed by atoms with E-state index in [1.807, 2.05) is 20.8 Å². The average molecular weight is 366 g/mol. The highest BCUT2D eigenvalue weighted by Crippen LogP contribution is 2.54. The van der Waals surface area contributed by atoms with E-state index in [0.29, 0.717) is 24.8 Å². The quantitative estimate of drug-likeness (QED) is 0.610. The molecule has 0 unspecified atom stereocenters. The van der Waals surface area contributed by atoms with Crippen LogP contribution in [0.2, 0.25) is 0 Å². The van der Waals surface area contributed by atoms with Crippen LogP contribution in [0.25, 0.3) is 0 Å². The third kappa shape index (κ3) is 3.07. The van der Waals surface area contributed by atoms with Crippen molar-refractivity contribution in [1.29, 1.82) is 0 Å². The summed E-state index contributed by atoms with van der Waals surface area (Å²) < 4.78 is 17.1. The molecular weight excluding hydrogens is 336 g/mol. The number of carbonyl (C=O) groups excluding carboxylic acids is 2. The van der Waals surface area contributed by atoms with Crippen LogP contribution in [-0.4, -0.2) is 42.1 Å². The molecule has 3 rings (SSSR count). The minimum Gasteiger partial charge on any atom is -0.458 e. The second-order valence-electron chi connectivity index (χ2n) is 8.50. The second-order valence-corrected chi connectivity index (χ2v) is 8.50. The molecule has 0 aromatic rings. The molecule has 146 valence electrons. The Kier molecular flexibility index (Phi) is 5.19. The standard InChI is InChI=1S/C20H30O6/c1-6-10(2)17(22)26-19-20(5)8-13-12(4)18(23)25-15(13)7-11(3)16(20)14(21)9-24-19/h10-11,13-16,19,21H,4,6-9H2,1-3,5H3/t10-,11-,13-,14+,15+,16-,19+,20+/m1/s1. The molecule has 8 atom stereocenters. The van der Waals surface area contributed by atoms with E-state index in [4.69, 9.17) is 14.2 Å². The minimum atomic E-state index is -0.748. The Hall–Kier alpha value is -1.40. The molecule has 2 heterocycles. The van der Waals surface area contributed by atoms with E-state index in [1.165, 1.54) is 0 Å². The first kappa shape index (κ1) is 19.4. The Morgan fingerprint density at radius 3 is 2.85 bits per heavy atom. The van der Waals surface area contributed by atoms with Crippen LogP contribution in [0.15, 0.2) is 12.2 Å². The molecule has 1 N–H and O–H groups in total. The van der Waals surface area contributed by atoms with Gasteiger partial charge in [-0.15, -0.1) is 0 Å². The zero-order chi connectivity index (χ0) is 19.2. The number of ether oxygens (including phenoxy) is 3. The maximum Gasteiger partial charge on any atom is 0.334 e. The van der Waals surface area contributed by atoms with Crippen molar-refractivity contribution in [1.82, 2.24) is 0 Å². The Balaban J connectivity index is 1.93. The van der Waals surface area contributed by atoms with Crippen LogP contribution >= 0.6 is 0 Å². The van der Waals surface area contributed by atoms with Gasteiger partial charge in [-0.05, 0) is 25.2 Å². The molecule has 3 aliphatic rings. The molecule has 1 aliphatic carbocycles. The first-order chi connectivity index (χ1) is 12.2. The largest absolute Gasteiger partial charge is 0.458 e. The van der Waals surface area contributed by atoms with Crippen molar-refractivity contribution in [2.45, 2.75) is 65.5 Å². The van der Waals surface area contributed by atoms with Gasteiger partial charge in [-0.25, -0.2) is 4.79 Å². The van der Waals surface area contributed by atoms with Gasteiger partial charge in [-0.2, -0.15) is 0 Å². The molecule has 0 aromatic heterocycles. The summed E-state index contributed by atoms with van der Waals surface area (Å²) in [5.41, 5.74) is -0.146. The molecule has 6 heteroatoms. The highest BCUT2D eigenvalue weighted by Gasteiger charge is 2.59. The summed E-state index contributed by atoms with van der Waals surface area (Å²) in [7, 11) is 0. The van der Waals surface area contributed by atoms with Crippen LogP contribution in [0.3, 0.4) is 0 Å².